The minimum atomic E-state index is -4.13. The first-order chi connectivity index (χ1) is 5.77. The highest BCUT2D eigenvalue weighted by Gasteiger charge is 2.28. The van der Waals surface area contributed by atoms with Crippen LogP contribution in [0.4, 0.5) is 13.2 Å². The zero-order chi connectivity index (χ0) is 10.5. The van der Waals surface area contributed by atoms with Crippen molar-refractivity contribution in [3.8, 4) is 0 Å². The Hall–Kier alpha value is -0.290. The number of aliphatic hydroxyl groups is 1. The van der Waals surface area contributed by atoms with E-state index in [1.165, 1.54) is 6.92 Å². The van der Waals surface area contributed by atoms with Gasteiger partial charge in [0.15, 0.2) is 0 Å². The number of alkyl halides is 3. The van der Waals surface area contributed by atoms with Crippen LogP contribution >= 0.6 is 0 Å². The largest absolute Gasteiger partial charge is 0.390 e. The fourth-order valence-corrected chi connectivity index (χ4v) is 1.11. The van der Waals surface area contributed by atoms with Crippen molar-refractivity contribution in [2.45, 2.75) is 44.4 Å². The Balaban J connectivity index is 3.63. The summed E-state index contributed by atoms with van der Waals surface area (Å²) < 4.78 is 35.1. The zero-order valence-electron chi connectivity index (χ0n) is 7.69. The Labute approximate surface area is 75.9 Å². The summed E-state index contributed by atoms with van der Waals surface area (Å²) in [6.45, 7) is 1.80. The van der Waals surface area contributed by atoms with Crippen molar-refractivity contribution in [1.29, 1.82) is 0 Å². The van der Waals surface area contributed by atoms with Crippen LogP contribution in [0.5, 0.6) is 0 Å². The van der Waals surface area contributed by atoms with Gasteiger partial charge < -0.3 is 10.8 Å². The van der Waals surface area contributed by atoms with Gasteiger partial charge in [-0.1, -0.05) is 0 Å². The quantitative estimate of drug-likeness (QED) is 0.709. The maximum Gasteiger partial charge on any atom is 0.389 e. The van der Waals surface area contributed by atoms with Crippen LogP contribution in [-0.2, 0) is 0 Å². The predicted octanol–water partition coefficient (Wildman–Crippen LogP) is 1.82. The van der Waals surface area contributed by atoms with E-state index in [1.807, 2.05) is 0 Å². The molecule has 0 heterocycles. The van der Waals surface area contributed by atoms with Gasteiger partial charge in [-0.25, -0.2) is 0 Å². The van der Waals surface area contributed by atoms with E-state index in [0.717, 1.165) is 0 Å². The van der Waals surface area contributed by atoms with E-state index in [0.29, 0.717) is 13.0 Å². The monoisotopic (exact) mass is 199 g/mol. The molecule has 0 fully saturated rings. The van der Waals surface area contributed by atoms with Gasteiger partial charge in [0, 0.05) is 6.42 Å². The van der Waals surface area contributed by atoms with Crippen LogP contribution in [0.3, 0.4) is 0 Å². The summed E-state index contributed by atoms with van der Waals surface area (Å²) in [6, 6.07) is 0. The van der Waals surface area contributed by atoms with E-state index in [9.17, 15) is 18.3 Å². The summed E-state index contributed by atoms with van der Waals surface area (Å²) in [7, 11) is 0. The van der Waals surface area contributed by atoms with Gasteiger partial charge in [0.1, 0.15) is 0 Å². The topological polar surface area (TPSA) is 46.2 Å². The van der Waals surface area contributed by atoms with Gasteiger partial charge in [-0.15, -0.1) is 0 Å². The highest BCUT2D eigenvalue weighted by Crippen LogP contribution is 2.25. The summed E-state index contributed by atoms with van der Waals surface area (Å²) in [6.07, 6.45) is -4.53. The van der Waals surface area contributed by atoms with Crippen LogP contribution in [-0.4, -0.2) is 23.4 Å². The number of hydrogen-bond acceptors (Lipinski definition) is 2. The molecule has 5 heteroatoms. The molecule has 3 N–H and O–H groups in total. The number of rotatable bonds is 5. The first-order valence-corrected chi connectivity index (χ1v) is 4.26. The molecule has 0 saturated heterocycles. The van der Waals surface area contributed by atoms with Crippen molar-refractivity contribution < 1.29 is 18.3 Å². The van der Waals surface area contributed by atoms with E-state index in [4.69, 9.17) is 5.73 Å². The summed E-state index contributed by atoms with van der Waals surface area (Å²) in [4.78, 5) is 0. The van der Waals surface area contributed by atoms with Crippen LogP contribution in [0.15, 0.2) is 0 Å². The predicted molar refractivity (Wildman–Crippen MR) is 44.2 cm³/mol. The molecule has 0 aliphatic heterocycles. The molecule has 0 amide bonds. The Bertz CT molecular complexity index is 145. The van der Waals surface area contributed by atoms with Crippen molar-refractivity contribution in [2.24, 2.45) is 5.73 Å². The SMILES string of the molecule is CC(O)(CCN)CCCC(F)(F)F. The molecule has 0 radical (unpaired) electrons. The molecule has 0 bridgehead atoms. The number of halogens is 3. The molecule has 0 aromatic carbocycles. The Morgan fingerprint density at radius 2 is 1.69 bits per heavy atom. The molecule has 1 unspecified atom stereocenters. The number of nitrogens with two attached hydrogens (primary N) is 1. The molecule has 0 aliphatic rings. The summed E-state index contributed by atoms with van der Waals surface area (Å²) >= 11 is 0. The van der Waals surface area contributed by atoms with E-state index in [-0.39, 0.29) is 12.8 Å². The van der Waals surface area contributed by atoms with Crippen LogP contribution in [0, 0.1) is 0 Å². The average molecular weight is 199 g/mol. The normalized spacial score (nSPS) is 17.1. The molecular weight excluding hydrogens is 183 g/mol. The van der Waals surface area contributed by atoms with E-state index >= 15 is 0 Å². The second-order valence-electron chi connectivity index (χ2n) is 3.50. The van der Waals surface area contributed by atoms with Crippen LogP contribution in [0.1, 0.15) is 32.6 Å². The Morgan fingerprint density at radius 3 is 2.08 bits per heavy atom. The first-order valence-electron chi connectivity index (χ1n) is 4.26. The lowest BCUT2D eigenvalue weighted by molar-refractivity contribution is -0.137. The third kappa shape index (κ3) is 8.05. The van der Waals surface area contributed by atoms with E-state index in [2.05, 4.69) is 0 Å². The van der Waals surface area contributed by atoms with Crippen LogP contribution < -0.4 is 5.73 Å². The first kappa shape index (κ1) is 12.7. The lowest BCUT2D eigenvalue weighted by Crippen LogP contribution is -2.28. The van der Waals surface area contributed by atoms with Crippen LogP contribution in [0.2, 0.25) is 0 Å². The molecule has 80 valence electrons. The highest BCUT2D eigenvalue weighted by molar-refractivity contribution is 4.73. The second-order valence-corrected chi connectivity index (χ2v) is 3.50. The second kappa shape index (κ2) is 4.81. The molecule has 0 saturated carbocycles. The van der Waals surface area contributed by atoms with Crippen molar-refractivity contribution in [1.82, 2.24) is 0 Å². The standard InChI is InChI=1S/C8H16F3NO/c1-7(13,5-6-12)3-2-4-8(9,10)11/h13H,2-6,12H2,1H3. The molecule has 0 spiro atoms. The van der Waals surface area contributed by atoms with E-state index < -0.39 is 18.2 Å². The Morgan fingerprint density at radius 1 is 1.15 bits per heavy atom. The molecular formula is C8H16F3NO. The van der Waals surface area contributed by atoms with Crippen molar-refractivity contribution in [3.05, 3.63) is 0 Å². The molecule has 0 aromatic rings. The van der Waals surface area contributed by atoms with E-state index in [1.54, 1.807) is 0 Å². The molecule has 13 heavy (non-hydrogen) atoms. The highest BCUT2D eigenvalue weighted by atomic mass is 19.4. The average Bonchev–Trinajstić information content (AvgIpc) is 1.82. The van der Waals surface area contributed by atoms with Gasteiger partial charge in [0.2, 0.25) is 0 Å². The van der Waals surface area contributed by atoms with Gasteiger partial charge in [-0.3, -0.25) is 0 Å². The third-order valence-electron chi connectivity index (χ3n) is 1.86. The fourth-order valence-electron chi connectivity index (χ4n) is 1.11. The maximum atomic E-state index is 11.7. The van der Waals surface area contributed by atoms with Crippen molar-refractivity contribution in [2.75, 3.05) is 6.54 Å². The minimum Gasteiger partial charge on any atom is -0.390 e. The smallest absolute Gasteiger partial charge is 0.389 e. The van der Waals surface area contributed by atoms with Crippen LogP contribution in [0.25, 0.3) is 0 Å². The molecule has 1 atom stereocenters. The molecule has 0 aliphatic carbocycles. The summed E-state index contributed by atoms with van der Waals surface area (Å²) in [5.41, 5.74) is 4.13. The van der Waals surface area contributed by atoms with Gasteiger partial charge in [-0.2, -0.15) is 13.2 Å². The lowest BCUT2D eigenvalue weighted by Gasteiger charge is -2.22. The minimum absolute atomic E-state index is 0.0451. The maximum absolute atomic E-state index is 11.7. The molecule has 2 nitrogen and oxygen atoms in total. The fraction of sp³-hybridized carbons (Fsp3) is 1.00. The molecule has 0 rings (SSSR count). The number of hydrogen-bond donors (Lipinski definition) is 2. The summed E-state index contributed by atoms with van der Waals surface area (Å²) in [5, 5.41) is 9.46. The van der Waals surface area contributed by atoms with Gasteiger partial charge >= 0.3 is 6.18 Å². The zero-order valence-corrected chi connectivity index (χ0v) is 7.69. The van der Waals surface area contributed by atoms with Gasteiger partial charge in [0.25, 0.3) is 0 Å². The summed E-state index contributed by atoms with van der Waals surface area (Å²) in [5.74, 6) is 0. The third-order valence-corrected chi connectivity index (χ3v) is 1.86. The molecule has 0 aromatic heterocycles. The Kier molecular flexibility index (Phi) is 4.70. The van der Waals surface area contributed by atoms with Gasteiger partial charge in [0.05, 0.1) is 5.60 Å². The van der Waals surface area contributed by atoms with Crippen molar-refractivity contribution >= 4 is 0 Å². The van der Waals surface area contributed by atoms with Crippen molar-refractivity contribution in [3.63, 3.8) is 0 Å². The van der Waals surface area contributed by atoms with Gasteiger partial charge in [-0.05, 0) is 32.7 Å². The lowest BCUT2D eigenvalue weighted by atomic mass is 9.95.